The normalized spacial score (nSPS) is 11.6. The van der Waals surface area contributed by atoms with Gasteiger partial charge in [0.1, 0.15) is 11.3 Å². The van der Waals surface area contributed by atoms with Crippen molar-refractivity contribution in [3.05, 3.63) is 23.8 Å². The molecule has 106 valence electrons. The Morgan fingerprint density at radius 1 is 1.42 bits per heavy atom. The fourth-order valence-corrected chi connectivity index (χ4v) is 2.92. The molecule has 1 N–H and O–H groups in total. The van der Waals surface area contributed by atoms with Crippen LogP contribution in [0.5, 0.6) is 5.75 Å². The van der Waals surface area contributed by atoms with Crippen LogP contribution in [0.4, 0.5) is 0 Å². The van der Waals surface area contributed by atoms with Crippen molar-refractivity contribution in [3.8, 4) is 5.75 Å². The number of ether oxygens (including phenoxy) is 1. The highest BCUT2D eigenvalue weighted by atomic mass is 32.2. The van der Waals surface area contributed by atoms with E-state index in [2.05, 4.69) is 0 Å². The SMILES string of the molecule is CCCN(C)S(=O)(=O)c1ccc(OC)c(C(=O)O)c1. The molecule has 0 aromatic heterocycles. The van der Waals surface area contributed by atoms with E-state index in [1.807, 2.05) is 6.92 Å². The molecule has 0 bridgehead atoms. The second-order valence-electron chi connectivity index (χ2n) is 3.99. The van der Waals surface area contributed by atoms with E-state index in [1.54, 1.807) is 0 Å². The zero-order valence-corrected chi connectivity index (χ0v) is 11.9. The number of carboxylic acids is 1. The molecule has 0 saturated carbocycles. The zero-order valence-electron chi connectivity index (χ0n) is 11.1. The number of aromatic carboxylic acids is 1. The molecule has 7 heteroatoms. The first-order valence-corrected chi connectivity index (χ1v) is 7.16. The van der Waals surface area contributed by atoms with E-state index in [0.717, 1.165) is 6.07 Å². The van der Waals surface area contributed by atoms with Gasteiger partial charge in [0.2, 0.25) is 10.0 Å². The van der Waals surface area contributed by atoms with Crippen molar-refractivity contribution in [1.82, 2.24) is 4.31 Å². The average molecular weight is 287 g/mol. The predicted molar refractivity (Wildman–Crippen MR) is 70.1 cm³/mol. The predicted octanol–water partition coefficient (Wildman–Crippen LogP) is 1.42. The first-order valence-electron chi connectivity index (χ1n) is 5.72. The smallest absolute Gasteiger partial charge is 0.339 e. The van der Waals surface area contributed by atoms with Gasteiger partial charge in [-0.25, -0.2) is 17.5 Å². The largest absolute Gasteiger partial charge is 0.496 e. The third-order valence-electron chi connectivity index (χ3n) is 2.65. The van der Waals surface area contributed by atoms with Crippen LogP contribution in [0.15, 0.2) is 23.1 Å². The van der Waals surface area contributed by atoms with Crippen LogP contribution < -0.4 is 4.74 Å². The number of rotatable bonds is 6. The lowest BCUT2D eigenvalue weighted by molar-refractivity contribution is 0.0693. The Balaban J connectivity index is 3.29. The summed E-state index contributed by atoms with van der Waals surface area (Å²) in [6.45, 7) is 2.24. The Morgan fingerprint density at radius 3 is 2.53 bits per heavy atom. The quantitative estimate of drug-likeness (QED) is 0.855. The van der Waals surface area contributed by atoms with Gasteiger partial charge in [-0.05, 0) is 24.6 Å². The minimum absolute atomic E-state index is 0.0540. The second kappa shape index (κ2) is 6.03. The van der Waals surface area contributed by atoms with Crippen LogP contribution in [0.3, 0.4) is 0 Å². The number of sulfonamides is 1. The Labute approximate surface area is 112 Å². The molecule has 0 saturated heterocycles. The number of methoxy groups -OCH3 is 1. The van der Waals surface area contributed by atoms with Crippen molar-refractivity contribution in [3.63, 3.8) is 0 Å². The molecule has 1 aromatic rings. The first-order chi connectivity index (χ1) is 8.84. The van der Waals surface area contributed by atoms with Gasteiger partial charge >= 0.3 is 5.97 Å². The van der Waals surface area contributed by atoms with Gasteiger partial charge in [-0.15, -0.1) is 0 Å². The molecule has 0 heterocycles. The van der Waals surface area contributed by atoms with E-state index in [1.165, 1.54) is 30.6 Å². The van der Waals surface area contributed by atoms with Gasteiger partial charge in [-0.3, -0.25) is 0 Å². The number of nitrogens with zero attached hydrogens (tertiary/aromatic N) is 1. The van der Waals surface area contributed by atoms with Gasteiger partial charge in [0.05, 0.1) is 12.0 Å². The molecule has 0 radical (unpaired) electrons. The van der Waals surface area contributed by atoms with Gasteiger partial charge in [0.15, 0.2) is 0 Å². The Bertz CT molecular complexity index is 567. The lowest BCUT2D eigenvalue weighted by Gasteiger charge is -2.17. The van der Waals surface area contributed by atoms with E-state index in [0.29, 0.717) is 13.0 Å². The van der Waals surface area contributed by atoms with Crippen LogP contribution in [-0.4, -0.2) is 44.5 Å². The van der Waals surface area contributed by atoms with Gasteiger partial charge in [-0.1, -0.05) is 6.92 Å². The standard InChI is InChI=1S/C12H17NO5S/c1-4-7-13(2)19(16,17)9-5-6-11(18-3)10(8-9)12(14)15/h5-6,8H,4,7H2,1-3H3,(H,14,15). The van der Waals surface area contributed by atoms with Crippen molar-refractivity contribution in [2.24, 2.45) is 0 Å². The van der Waals surface area contributed by atoms with Crippen molar-refractivity contribution >= 4 is 16.0 Å². The number of hydrogen-bond donors (Lipinski definition) is 1. The summed E-state index contributed by atoms with van der Waals surface area (Å²) in [5.41, 5.74) is -0.173. The van der Waals surface area contributed by atoms with Crippen LogP contribution in [-0.2, 0) is 10.0 Å². The maximum Gasteiger partial charge on any atom is 0.339 e. The maximum absolute atomic E-state index is 12.2. The van der Waals surface area contributed by atoms with Crippen LogP contribution in [0.25, 0.3) is 0 Å². The molecule has 0 amide bonds. The zero-order chi connectivity index (χ0) is 14.6. The molecule has 1 rings (SSSR count). The molecule has 0 unspecified atom stereocenters. The second-order valence-corrected chi connectivity index (χ2v) is 6.04. The van der Waals surface area contributed by atoms with Gasteiger partial charge in [0.25, 0.3) is 0 Å². The summed E-state index contributed by atoms with van der Waals surface area (Å²) >= 11 is 0. The number of benzene rings is 1. The highest BCUT2D eigenvalue weighted by molar-refractivity contribution is 7.89. The maximum atomic E-state index is 12.2. The Kier molecular flexibility index (Phi) is 4.90. The van der Waals surface area contributed by atoms with E-state index in [-0.39, 0.29) is 16.2 Å². The summed E-state index contributed by atoms with van der Waals surface area (Å²) in [7, 11) is -0.873. The van der Waals surface area contributed by atoms with Crippen molar-refractivity contribution in [1.29, 1.82) is 0 Å². The fourth-order valence-electron chi connectivity index (χ4n) is 1.63. The minimum atomic E-state index is -3.67. The molecule has 0 aliphatic carbocycles. The summed E-state index contributed by atoms with van der Waals surface area (Å²) in [5.74, 6) is -1.10. The van der Waals surface area contributed by atoms with Crippen molar-refractivity contribution in [2.45, 2.75) is 18.2 Å². The summed E-state index contributed by atoms with van der Waals surface area (Å²) in [6.07, 6.45) is 0.678. The van der Waals surface area contributed by atoms with Crippen LogP contribution in [0, 0.1) is 0 Å². The van der Waals surface area contributed by atoms with E-state index >= 15 is 0 Å². The average Bonchev–Trinajstić information content (AvgIpc) is 2.38. The van der Waals surface area contributed by atoms with Gasteiger partial charge < -0.3 is 9.84 Å². The lowest BCUT2D eigenvalue weighted by atomic mass is 10.2. The summed E-state index contributed by atoms with van der Waals surface area (Å²) in [5, 5.41) is 9.04. The van der Waals surface area contributed by atoms with Crippen molar-refractivity contribution < 1.29 is 23.1 Å². The third kappa shape index (κ3) is 3.24. The van der Waals surface area contributed by atoms with Crippen LogP contribution >= 0.6 is 0 Å². The molecule has 0 aliphatic rings. The molecular formula is C12H17NO5S. The van der Waals surface area contributed by atoms with Crippen molar-refractivity contribution in [2.75, 3.05) is 20.7 Å². The molecule has 1 aromatic carbocycles. The fraction of sp³-hybridized carbons (Fsp3) is 0.417. The lowest BCUT2D eigenvalue weighted by Crippen LogP contribution is -2.27. The monoisotopic (exact) mass is 287 g/mol. The molecule has 0 fully saturated rings. The summed E-state index contributed by atoms with van der Waals surface area (Å²) < 4.78 is 30.5. The van der Waals surface area contributed by atoms with Crippen LogP contribution in [0.2, 0.25) is 0 Å². The molecule has 0 spiro atoms. The van der Waals surface area contributed by atoms with E-state index in [9.17, 15) is 13.2 Å². The number of hydrogen-bond acceptors (Lipinski definition) is 4. The minimum Gasteiger partial charge on any atom is -0.496 e. The molecule has 0 aliphatic heterocycles. The van der Waals surface area contributed by atoms with E-state index in [4.69, 9.17) is 9.84 Å². The first kappa shape index (κ1) is 15.5. The summed E-state index contributed by atoms with van der Waals surface area (Å²) in [4.78, 5) is 11.0. The van der Waals surface area contributed by atoms with Gasteiger partial charge in [-0.2, -0.15) is 0 Å². The third-order valence-corrected chi connectivity index (χ3v) is 4.50. The molecular weight excluding hydrogens is 270 g/mol. The topological polar surface area (TPSA) is 83.9 Å². The number of carbonyl (C=O) groups is 1. The Hall–Kier alpha value is -1.60. The number of carboxylic acid groups (broad SMARTS) is 1. The van der Waals surface area contributed by atoms with Crippen LogP contribution in [0.1, 0.15) is 23.7 Å². The molecule has 19 heavy (non-hydrogen) atoms. The molecule has 0 atom stereocenters. The highest BCUT2D eigenvalue weighted by Crippen LogP contribution is 2.24. The van der Waals surface area contributed by atoms with E-state index < -0.39 is 16.0 Å². The molecule has 6 nitrogen and oxygen atoms in total. The van der Waals surface area contributed by atoms with Gasteiger partial charge in [0, 0.05) is 13.6 Å². The Morgan fingerprint density at radius 2 is 2.05 bits per heavy atom. The highest BCUT2D eigenvalue weighted by Gasteiger charge is 2.23. The summed E-state index contributed by atoms with van der Waals surface area (Å²) in [6, 6.07) is 3.80.